The molecule has 1 heterocycles. The molecule has 1 N–H and O–H groups in total. The van der Waals surface area contributed by atoms with E-state index in [-0.39, 0.29) is 12.5 Å². The quantitative estimate of drug-likeness (QED) is 0.624. The van der Waals surface area contributed by atoms with Crippen LogP contribution in [0.5, 0.6) is 0 Å². The molecule has 1 amide bonds. The van der Waals surface area contributed by atoms with Crippen molar-refractivity contribution in [2.24, 2.45) is 0 Å². The number of imidazole rings is 1. The highest BCUT2D eigenvalue weighted by atomic mass is 16.5. The van der Waals surface area contributed by atoms with Gasteiger partial charge in [-0.05, 0) is 11.6 Å². The smallest absolute Gasteiger partial charge is 0.329 e. The molecular weight excluding hydrogens is 294 g/mol. The summed E-state index contributed by atoms with van der Waals surface area (Å²) < 4.78 is 5.35. The van der Waals surface area contributed by atoms with Gasteiger partial charge in [0.05, 0.1) is 6.33 Å². The first kappa shape index (κ1) is 16.5. The number of amides is 1. The van der Waals surface area contributed by atoms with Crippen LogP contribution in [0, 0.1) is 0 Å². The van der Waals surface area contributed by atoms with Crippen molar-refractivity contribution in [2.45, 2.75) is 19.1 Å². The minimum Gasteiger partial charge on any atom is -0.459 e. The van der Waals surface area contributed by atoms with Gasteiger partial charge in [-0.25, -0.2) is 9.78 Å². The van der Waals surface area contributed by atoms with E-state index < -0.39 is 12.0 Å². The van der Waals surface area contributed by atoms with Crippen molar-refractivity contribution in [1.82, 2.24) is 14.9 Å². The number of rotatable bonds is 7. The standard InChI is InChI=1S/C17H19N3O3/c1-3-16(21)20(2)15(9-14-10-18-12-19-14)17(22)23-11-13-7-5-4-6-8-13/h3-8,10,12,15H,1,9,11H2,2H3,(H,18,19)/t15-/m0/s1. The number of ether oxygens (including phenoxy) is 1. The van der Waals surface area contributed by atoms with Gasteiger partial charge in [0.15, 0.2) is 0 Å². The molecule has 1 atom stereocenters. The van der Waals surface area contributed by atoms with Crippen molar-refractivity contribution in [3.05, 3.63) is 66.8 Å². The Hall–Kier alpha value is -2.89. The van der Waals surface area contributed by atoms with Gasteiger partial charge in [0.25, 0.3) is 0 Å². The third kappa shape index (κ3) is 4.54. The Morgan fingerprint density at radius 2 is 2.13 bits per heavy atom. The van der Waals surface area contributed by atoms with Crippen LogP contribution in [0.15, 0.2) is 55.5 Å². The van der Waals surface area contributed by atoms with Crippen molar-refractivity contribution < 1.29 is 14.3 Å². The minimum atomic E-state index is -0.746. The molecule has 1 aromatic heterocycles. The highest BCUT2D eigenvalue weighted by Gasteiger charge is 2.28. The molecular formula is C17H19N3O3. The molecule has 0 aliphatic heterocycles. The van der Waals surface area contributed by atoms with Crippen LogP contribution in [-0.4, -0.2) is 39.8 Å². The first-order valence-electron chi connectivity index (χ1n) is 7.19. The lowest BCUT2D eigenvalue weighted by Gasteiger charge is -2.25. The second-order valence-corrected chi connectivity index (χ2v) is 5.04. The van der Waals surface area contributed by atoms with Crippen molar-refractivity contribution >= 4 is 11.9 Å². The second kappa shape index (κ2) is 7.93. The summed E-state index contributed by atoms with van der Waals surface area (Å²) in [5, 5.41) is 0. The van der Waals surface area contributed by atoms with E-state index in [0.29, 0.717) is 6.42 Å². The predicted octanol–water partition coefficient (Wildman–Crippen LogP) is 1.71. The van der Waals surface area contributed by atoms with Crippen LogP contribution in [0.3, 0.4) is 0 Å². The van der Waals surface area contributed by atoms with Crippen LogP contribution in [0.4, 0.5) is 0 Å². The summed E-state index contributed by atoms with van der Waals surface area (Å²) >= 11 is 0. The van der Waals surface area contributed by atoms with E-state index in [1.807, 2.05) is 30.3 Å². The number of carbonyl (C=O) groups excluding carboxylic acids is 2. The highest BCUT2D eigenvalue weighted by Crippen LogP contribution is 2.10. The summed E-state index contributed by atoms with van der Waals surface area (Å²) in [6, 6.07) is 8.63. The van der Waals surface area contributed by atoms with E-state index >= 15 is 0 Å². The molecule has 0 fully saturated rings. The number of esters is 1. The lowest BCUT2D eigenvalue weighted by molar-refractivity contribution is -0.154. The zero-order valence-electron chi connectivity index (χ0n) is 12.9. The van der Waals surface area contributed by atoms with E-state index in [9.17, 15) is 9.59 Å². The number of aromatic nitrogens is 2. The fraction of sp³-hybridized carbons (Fsp3) is 0.235. The maximum absolute atomic E-state index is 12.4. The van der Waals surface area contributed by atoms with Crippen LogP contribution in [0.2, 0.25) is 0 Å². The first-order chi connectivity index (χ1) is 11.1. The molecule has 0 radical (unpaired) electrons. The SMILES string of the molecule is C=CC(=O)N(C)[C@@H](Cc1cnc[nH]1)C(=O)OCc1ccccc1. The van der Waals surface area contributed by atoms with Gasteiger partial charge in [0, 0.05) is 25.4 Å². The molecule has 6 nitrogen and oxygen atoms in total. The summed E-state index contributed by atoms with van der Waals surface area (Å²) in [6.07, 6.45) is 4.61. The third-order valence-corrected chi connectivity index (χ3v) is 3.45. The molecule has 0 spiro atoms. The molecule has 0 aliphatic carbocycles. The minimum absolute atomic E-state index is 0.162. The van der Waals surface area contributed by atoms with Crippen molar-refractivity contribution in [2.75, 3.05) is 7.05 Å². The Labute approximate surface area is 134 Å². The lowest BCUT2D eigenvalue weighted by atomic mass is 10.1. The molecule has 0 bridgehead atoms. The van der Waals surface area contributed by atoms with Crippen molar-refractivity contribution in [1.29, 1.82) is 0 Å². The Balaban J connectivity index is 2.07. The van der Waals surface area contributed by atoms with Crippen molar-refractivity contribution in [3.63, 3.8) is 0 Å². The van der Waals surface area contributed by atoms with E-state index in [1.54, 1.807) is 13.2 Å². The maximum Gasteiger partial charge on any atom is 0.329 e. The molecule has 0 unspecified atom stereocenters. The number of hydrogen-bond acceptors (Lipinski definition) is 4. The van der Waals surface area contributed by atoms with Gasteiger partial charge in [-0.15, -0.1) is 0 Å². The van der Waals surface area contributed by atoms with E-state index in [4.69, 9.17) is 4.74 Å². The van der Waals surface area contributed by atoms with Gasteiger partial charge in [-0.1, -0.05) is 36.9 Å². The zero-order valence-corrected chi connectivity index (χ0v) is 12.9. The molecule has 120 valence electrons. The summed E-state index contributed by atoms with van der Waals surface area (Å²) in [5.74, 6) is -0.813. The van der Waals surface area contributed by atoms with Gasteiger partial charge in [0.1, 0.15) is 12.6 Å². The maximum atomic E-state index is 12.4. The summed E-state index contributed by atoms with van der Waals surface area (Å²) in [4.78, 5) is 32.4. The topological polar surface area (TPSA) is 75.3 Å². The van der Waals surface area contributed by atoms with Crippen LogP contribution < -0.4 is 0 Å². The Bertz CT molecular complexity index is 653. The van der Waals surface area contributed by atoms with Gasteiger partial charge in [-0.2, -0.15) is 0 Å². The average Bonchev–Trinajstić information content (AvgIpc) is 3.10. The van der Waals surface area contributed by atoms with E-state index in [1.165, 1.54) is 17.3 Å². The second-order valence-electron chi connectivity index (χ2n) is 5.04. The average molecular weight is 313 g/mol. The number of H-pyrrole nitrogens is 1. The Morgan fingerprint density at radius 3 is 2.74 bits per heavy atom. The van der Waals surface area contributed by atoms with Crippen LogP contribution in [-0.2, 0) is 27.4 Å². The number of nitrogens with zero attached hydrogens (tertiary/aromatic N) is 2. The van der Waals surface area contributed by atoms with Crippen molar-refractivity contribution in [3.8, 4) is 0 Å². The van der Waals surface area contributed by atoms with Crippen LogP contribution >= 0.6 is 0 Å². The Morgan fingerprint density at radius 1 is 1.39 bits per heavy atom. The number of hydrogen-bond donors (Lipinski definition) is 1. The van der Waals surface area contributed by atoms with Gasteiger partial charge in [0.2, 0.25) is 5.91 Å². The highest BCUT2D eigenvalue weighted by molar-refractivity contribution is 5.91. The first-order valence-corrected chi connectivity index (χ1v) is 7.19. The summed E-state index contributed by atoms with van der Waals surface area (Å²) in [5.41, 5.74) is 1.63. The normalized spacial score (nSPS) is 11.5. The molecule has 0 aliphatic rings. The van der Waals surface area contributed by atoms with Crippen LogP contribution in [0.25, 0.3) is 0 Å². The number of carbonyl (C=O) groups is 2. The molecule has 23 heavy (non-hydrogen) atoms. The molecule has 2 rings (SSSR count). The molecule has 0 saturated heterocycles. The third-order valence-electron chi connectivity index (χ3n) is 3.45. The predicted molar refractivity (Wildman–Crippen MR) is 85.3 cm³/mol. The zero-order chi connectivity index (χ0) is 16.7. The molecule has 2 aromatic rings. The fourth-order valence-electron chi connectivity index (χ4n) is 2.11. The number of aromatic amines is 1. The fourth-order valence-corrected chi connectivity index (χ4v) is 2.11. The van der Waals surface area contributed by atoms with E-state index in [0.717, 1.165) is 11.3 Å². The molecule has 1 aromatic carbocycles. The molecule has 0 saturated carbocycles. The number of benzene rings is 1. The van der Waals surface area contributed by atoms with Crippen LogP contribution in [0.1, 0.15) is 11.3 Å². The van der Waals surface area contributed by atoms with Gasteiger partial charge < -0.3 is 14.6 Å². The Kier molecular flexibility index (Phi) is 5.68. The lowest BCUT2D eigenvalue weighted by Crippen LogP contribution is -2.44. The molecule has 6 heteroatoms. The summed E-state index contributed by atoms with van der Waals surface area (Å²) in [6.45, 7) is 3.61. The largest absolute Gasteiger partial charge is 0.459 e. The summed E-state index contributed by atoms with van der Waals surface area (Å²) in [7, 11) is 1.55. The number of likely N-dealkylation sites (N-methyl/N-ethyl adjacent to an activating group) is 1. The number of nitrogens with one attached hydrogen (secondary N) is 1. The van der Waals surface area contributed by atoms with Gasteiger partial charge >= 0.3 is 5.97 Å². The monoisotopic (exact) mass is 313 g/mol. The van der Waals surface area contributed by atoms with Gasteiger partial charge in [-0.3, -0.25) is 4.79 Å². The van der Waals surface area contributed by atoms with E-state index in [2.05, 4.69) is 16.5 Å².